The molecule has 0 aromatic heterocycles. The minimum Gasteiger partial charge on any atom is -0.496 e. The van der Waals surface area contributed by atoms with Crippen LogP contribution in [0.1, 0.15) is 26.3 Å². The summed E-state index contributed by atoms with van der Waals surface area (Å²) in [7, 11) is 1.57. The van der Waals surface area contributed by atoms with Crippen molar-refractivity contribution in [1.29, 1.82) is 0 Å². The molecule has 0 saturated carbocycles. The summed E-state index contributed by atoms with van der Waals surface area (Å²) < 4.78 is 24.9. The summed E-state index contributed by atoms with van der Waals surface area (Å²) in [6.45, 7) is 8.70. The third-order valence-electron chi connectivity index (χ3n) is 3.78. The van der Waals surface area contributed by atoms with Crippen LogP contribution in [0.2, 0.25) is 0 Å². The van der Waals surface area contributed by atoms with E-state index in [1.165, 1.54) is 6.07 Å². The maximum atomic E-state index is 13.8. The summed E-state index contributed by atoms with van der Waals surface area (Å²) in [6, 6.07) is 3.01. The lowest BCUT2D eigenvalue weighted by molar-refractivity contribution is 0.0138. The van der Waals surface area contributed by atoms with Crippen LogP contribution in [0.5, 0.6) is 5.75 Å². The fraction of sp³-hybridized carbons (Fsp3) is 0.588. The second-order valence-electron chi connectivity index (χ2n) is 6.79. The van der Waals surface area contributed by atoms with Crippen LogP contribution < -0.4 is 4.74 Å². The van der Waals surface area contributed by atoms with E-state index in [2.05, 4.69) is 20.8 Å². The first-order chi connectivity index (χ1) is 11.2. The third kappa shape index (κ3) is 4.83. The number of hydrogen-bond acceptors (Lipinski definition) is 4. The summed E-state index contributed by atoms with van der Waals surface area (Å²) in [6.07, 6.45) is -0.285. The summed E-state index contributed by atoms with van der Waals surface area (Å²) in [4.78, 5) is 16.0. The van der Waals surface area contributed by atoms with Crippen LogP contribution in [0, 0.1) is 5.82 Å². The molecule has 0 bridgehead atoms. The molecule has 1 fully saturated rings. The normalized spacial score (nSPS) is 16.2. The summed E-state index contributed by atoms with van der Waals surface area (Å²) in [5.41, 5.74) is 0.289. The van der Waals surface area contributed by atoms with E-state index >= 15 is 0 Å². The van der Waals surface area contributed by atoms with Crippen LogP contribution in [0.25, 0.3) is 0 Å². The molecule has 1 aromatic carbocycles. The van der Waals surface area contributed by atoms with Crippen molar-refractivity contribution in [3.8, 4) is 5.75 Å². The van der Waals surface area contributed by atoms with Crippen molar-refractivity contribution in [3.63, 3.8) is 0 Å². The second kappa shape index (κ2) is 7.70. The van der Waals surface area contributed by atoms with Crippen molar-refractivity contribution in [2.24, 2.45) is 0 Å². The molecular formula is C17H24BrFN2O3. The van der Waals surface area contributed by atoms with Gasteiger partial charge in [-0.25, -0.2) is 9.18 Å². The maximum Gasteiger partial charge on any atom is 0.410 e. The number of halogens is 2. The number of carbonyl (C=O) groups excluding carboxylic acids is 1. The van der Waals surface area contributed by atoms with Crippen molar-refractivity contribution in [2.75, 3.05) is 33.3 Å². The Morgan fingerprint density at radius 3 is 2.42 bits per heavy atom. The van der Waals surface area contributed by atoms with Gasteiger partial charge in [-0.2, -0.15) is 0 Å². The van der Waals surface area contributed by atoms with Crippen molar-refractivity contribution < 1.29 is 18.7 Å². The molecule has 0 atom stereocenters. The summed E-state index contributed by atoms with van der Waals surface area (Å²) >= 11 is 3.30. The number of methoxy groups -OCH3 is 1. The Hall–Kier alpha value is -1.34. The lowest BCUT2D eigenvalue weighted by Gasteiger charge is -2.35. The molecule has 1 aliphatic rings. The third-order valence-corrected chi connectivity index (χ3v) is 4.64. The molecular weight excluding hydrogens is 379 g/mol. The fourth-order valence-electron chi connectivity index (χ4n) is 2.55. The van der Waals surface area contributed by atoms with Crippen LogP contribution in [-0.2, 0) is 11.3 Å². The average molecular weight is 403 g/mol. The van der Waals surface area contributed by atoms with Crippen LogP contribution in [0.3, 0.4) is 0 Å². The van der Waals surface area contributed by atoms with E-state index in [0.29, 0.717) is 42.9 Å². The smallest absolute Gasteiger partial charge is 0.410 e. The molecule has 134 valence electrons. The van der Waals surface area contributed by atoms with Gasteiger partial charge >= 0.3 is 6.09 Å². The number of ether oxygens (including phenoxy) is 2. The summed E-state index contributed by atoms with van der Waals surface area (Å²) in [5, 5.41) is 0. The molecule has 1 aliphatic heterocycles. The number of carbonyl (C=O) groups is 1. The Kier molecular flexibility index (Phi) is 6.09. The lowest BCUT2D eigenvalue weighted by atomic mass is 10.1. The molecule has 1 amide bonds. The topological polar surface area (TPSA) is 42.0 Å². The molecule has 0 aliphatic carbocycles. The van der Waals surface area contributed by atoms with E-state index in [0.717, 1.165) is 5.56 Å². The predicted octanol–water partition coefficient (Wildman–Crippen LogP) is 3.65. The molecule has 7 heteroatoms. The Balaban J connectivity index is 1.97. The highest BCUT2D eigenvalue weighted by atomic mass is 79.9. The zero-order chi connectivity index (χ0) is 17.9. The van der Waals surface area contributed by atoms with Crippen LogP contribution in [0.4, 0.5) is 9.18 Å². The molecule has 0 N–H and O–H groups in total. The second-order valence-corrected chi connectivity index (χ2v) is 7.58. The van der Waals surface area contributed by atoms with Crippen molar-refractivity contribution in [2.45, 2.75) is 32.9 Å². The zero-order valence-corrected chi connectivity index (χ0v) is 16.2. The fourth-order valence-corrected chi connectivity index (χ4v) is 3.01. The van der Waals surface area contributed by atoms with E-state index < -0.39 is 5.60 Å². The highest BCUT2D eigenvalue weighted by Crippen LogP contribution is 2.30. The standard InChI is InChI=1S/C17H24BrFN2O3/c1-17(2,3)24-16(22)21-9-7-20(8-10-21)11-12-14(23-4)6-5-13(19)15(12)18/h5-6H,7-11H2,1-4H3. The van der Waals surface area contributed by atoms with E-state index in [1.54, 1.807) is 18.1 Å². The Morgan fingerprint density at radius 1 is 1.25 bits per heavy atom. The Bertz CT molecular complexity index is 596. The van der Waals surface area contributed by atoms with Gasteiger partial charge in [0.05, 0.1) is 11.6 Å². The molecule has 2 rings (SSSR count). The van der Waals surface area contributed by atoms with Gasteiger partial charge in [0.25, 0.3) is 0 Å². The Morgan fingerprint density at radius 2 is 1.88 bits per heavy atom. The molecule has 1 aromatic rings. The van der Waals surface area contributed by atoms with E-state index in [-0.39, 0.29) is 11.9 Å². The molecule has 1 saturated heterocycles. The number of nitrogens with zero attached hydrogens (tertiary/aromatic N) is 2. The number of amides is 1. The van der Waals surface area contributed by atoms with Crippen molar-refractivity contribution in [3.05, 3.63) is 28.0 Å². The highest BCUT2D eigenvalue weighted by molar-refractivity contribution is 9.10. The largest absolute Gasteiger partial charge is 0.496 e. The zero-order valence-electron chi connectivity index (χ0n) is 14.6. The maximum absolute atomic E-state index is 13.8. The number of rotatable bonds is 3. The lowest BCUT2D eigenvalue weighted by Crippen LogP contribution is -2.49. The molecule has 0 radical (unpaired) electrons. The van der Waals surface area contributed by atoms with Crippen molar-refractivity contribution in [1.82, 2.24) is 9.80 Å². The highest BCUT2D eigenvalue weighted by Gasteiger charge is 2.26. The van der Waals surface area contributed by atoms with Gasteiger partial charge in [-0.05, 0) is 48.8 Å². The number of piperazine rings is 1. The average Bonchev–Trinajstić information content (AvgIpc) is 2.51. The van der Waals surface area contributed by atoms with Gasteiger partial charge in [0.15, 0.2) is 0 Å². The Labute approximate surface area is 150 Å². The predicted molar refractivity (Wildman–Crippen MR) is 93.7 cm³/mol. The SMILES string of the molecule is COc1ccc(F)c(Br)c1CN1CCN(C(=O)OC(C)(C)C)CC1. The molecule has 0 spiro atoms. The quantitative estimate of drug-likeness (QED) is 0.773. The van der Waals surface area contributed by atoms with Crippen molar-refractivity contribution >= 4 is 22.0 Å². The van der Waals surface area contributed by atoms with Gasteiger partial charge in [-0.3, -0.25) is 4.90 Å². The van der Waals surface area contributed by atoms with Crippen LogP contribution in [0.15, 0.2) is 16.6 Å². The van der Waals surface area contributed by atoms with Gasteiger partial charge in [-0.15, -0.1) is 0 Å². The minimum absolute atomic E-state index is 0.285. The van der Waals surface area contributed by atoms with Gasteiger partial charge < -0.3 is 14.4 Å². The van der Waals surface area contributed by atoms with Gasteiger partial charge in [0.1, 0.15) is 17.2 Å². The first-order valence-corrected chi connectivity index (χ1v) is 8.71. The first kappa shape index (κ1) is 19.0. The number of benzene rings is 1. The molecule has 5 nitrogen and oxygen atoms in total. The van der Waals surface area contributed by atoms with E-state index in [9.17, 15) is 9.18 Å². The molecule has 24 heavy (non-hydrogen) atoms. The number of hydrogen-bond donors (Lipinski definition) is 0. The van der Waals surface area contributed by atoms with Gasteiger partial charge in [0, 0.05) is 38.3 Å². The van der Waals surface area contributed by atoms with E-state index in [1.807, 2.05) is 20.8 Å². The monoisotopic (exact) mass is 402 g/mol. The van der Waals surface area contributed by atoms with Gasteiger partial charge in [-0.1, -0.05) is 0 Å². The van der Waals surface area contributed by atoms with Crippen LogP contribution in [-0.4, -0.2) is 54.8 Å². The van der Waals surface area contributed by atoms with Gasteiger partial charge in [0.2, 0.25) is 0 Å². The molecule has 1 heterocycles. The van der Waals surface area contributed by atoms with E-state index in [4.69, 9.17) is 9.47 Å². The summed E-state index contributed by atoms with van der Waals surface area (Å²) in [5.74, 6) is 0.344. The first-order valence-electron chi connectivity index (χ1n) is 7.92. The minimum atomic E-state index is -0.492. The van der Waals surface area contributed by atoms with Crippen LogP contribution >= 0.6 is 15.9 Å². The molecule has 0 unspecified atom stereocenters.